The highest BCUT2D eigenvalue weighted by Crippen LogP contribution is 2.32. The van der Waals surface area contributed by atoms with Crippen molar-refractivity contribution >= 4 is 15.9 Å². The van der Waals surface area contributed by atoms with Crippen LogP contribution in [0.15, 0.2) is 26.2 Å². The van der Waals surface area contributed by atoms with Crippen LogP contribution in [-0.4, -0.2) is 43.0 Å². The number of nitrogens with zero attached hydrogens (tertiary/aromatic N) is 3. The van der Waals surface area contributed by atoms with Gasteiger partial charge < -0.3 is 13.8 Å². The minimum atomic E-state index is -3.72. The molecular weight excluding hydrogens is 324 g/mol. The van der Waals surface area contributed by atoms with Crippen molar-refractivity contribution in [1.82, 2.24) is 19.8 Å². The third-order valence-corrected chi connectivity index (χ3v) is 4.97. The number of sulfonamides is 1. The lowest BCUT2D eigenvalue weighted by Crippen LogP contribution is -2.30. The van der Waals surface area contributed by atoms with E-state index in [0.29, 0.717) is 24.7 Å². The molecule has 0 aliphatic carbocycles. The van der Waals surface area contributed by atoms with Gasteiger partial charge in [0, 0.05) is 13.5 Å². The van der Waals surface area contributed by atoms with Gasteiger partial charge in [-0.3, -0.25) is 4.79 Å². The van der Waals surface area contributed by atoms with Crippen molar-refractivity contribution in [2.75, 3.05) is 13.6 Å². The number of amides is 1. The summed E-state index contributed by atoms with van der Waals surface area (Å²) in [6.07, 6.45) is 1.51. The summed E-state index contributed by atoms with van der Waals surface area (Å²) in [5.74, 6) is 0.445. The van der Waals surface area contributed by atoms with Crippen molar-refractivity contribution in [2.24, 2.45) is 0 Å². The van der Waals surface area contributed by atoms with Gasteiger partial charge in [-0.2, -0.15) is 4.98 Å². The number of carbonyl (C=O) groups is 1. The van der Waals surface area contributed by atoms with Gasteiger partial charge in [-0.25, -0.2) is 13.1 Å². The van der Waals surface area contributed by atoms with Crippen LogP contribution in [0.1, 0.15) is 41.2 Å². The fourth-order valence-corrected chi connectivity index (χ4v) is 3.20. The maximum absolute atomic E-state index is 12.6. The van der Waals surface area contributed by atoms with E-state index in [-0.39, 0.29) is 16.9 Å². The van der Waals surface area contributed by atoms with Crippen LogP contribution in [0.25, 0.3) is 0 Å². The van der Waals surface area contributed by atoms with E-state index in [9.17, 15) is 13.2 Å². The summed E-state index contributed by atoms with van der Waals surface area (Å²) in [7, 11) is -2.45. The standard InChI is InChI=1S/C13H16N4O5S/c1-8-15-12(16-22-8)9-4-3-7-17(9)13(18)10-5-6-11(21-10)23(19,20)14-2/h5-6,9,14H,3-4,7H2,1-2H3/t9-/m0/s1. The number of likely N-dealkylation sites (tertiary alicyclic amines) is 1. The molecule has 3 rings (SSSR count). The Morgan fingerprint density at radius 1 is 1.43 bits per heavy atom. The summed E-state index contributed by atoms with van der Waals surface area (Å²) in [4.78, 5) is 18.3. The molecule has 1 atom stereocenters. The van der Waals surface area contributed by atoms with Crippen LogP contribution in [0.2, 0.25) is 0 Å². The van der Waals surface area contributed by atoms with Crippen molar-refractivity contribution in [3.05, 3.63) is 29.6 Å². The topological polar surface area (TPSA) is 119 Å². The summed E-state index contributed by atoms with van der Waals surface area (Å²) >= 11 is 0. The minimum Gasteiger partial charge on any atom is -0.438 e. The molecule has 2 aromatic heterocycles. The number of hydrogen-bond acceptors (Lipinski definition) is 7. The lowest BCUT2D eigenvalue weighted by molar-refractivity contribution is 0.0690. The highest BCUT2D eigenvalue weighted by Gasteiger charge is 2.35. The molecule has 3 heterocycles. The van der Waals surface area contributed by atoms with Crippen molar-refractivity contribution in [3.8, 4) is 0 Å². The van der Waals surface area contributed by atoms with Crippen molar-refractivity contribution in [2.45, 2.75) is 30.9 Å². The van der Waals surface area contributed by atoms with E-state index < -0.39 is 15.9 Å². The second-order valence-electron chi connectivity index (χ2n) is 5.15. The van der Waals surface area contributed by atoms with E-state index in [1.807, 2.05) is 0 Å². The molecule has 0 unspecified atom stereocenters. The molecule has 0 spiro atoms. The fourth-order valence-electron chi connectivity index (χ4n) is 2.55. The number of rotatable bonds is 4. The summed E-state index contributed by atoms with van der Waals surface area (Å²) in [5, 5.41) is 3.57. The molecule has 0 bridgehead atoms. The van der Waals surface area contributed by atoms with Gasteiger partial charge in [0.25, 0.3) is 15.9 Å². The lowest BCUT2D eigenvalue weighted by atomic mass is 10.2. The van der Waals surface area contributed by atoms with Crippen LogP contribution in [0.5, 0.6) is 0 Å². The largest absolute Gasteiger partial charge is 0.438 e. The van der Waals surface area contributed by atoms with E-state index in [1.54, 1.807) is 11.8 Å². The number of hydrogen-bond donors (Lipinski definition) is 1. The molecule has 0 aromatic carbocycles. The van der Waals surface area contributed by atoms with E-state index >= 15 is 0 Å². The van der Waals surface area contributed by atoms with Gasteiger partial charge in [0.1, 0.15) is 0 Å². The first-order valence-corrected chi connectivity index (χ1v) is 8.55. The van der Waals surface area contributed by atoms with Crippen LogP contribution in [-0.2, 0) is 10.0 Å². The van der Waals surface area contributed by atoms with Crippen molar-refractivity contribution in [1.29, 1.82) is 0 Å². The second kappa shape index (κ2) is 5.78. The first kappa shape index (κ1) is 15.7. The molecule has 9 nitrogen and oxygen atoms in total. The molecule has 0 saturated carbocycles. The lowest BCUT2D eigenvalue weighted by Gasteiger charge is -2.20. The first-order valence-electron chi connectivity index (χ1n) is 7.07. The average molecular weight is 340 g/mol. The molecule has 2 aromatic rings. The predicted molar refractivity (Wildman–Crippen MR) is 77.0 cm³/mol. The molecule has 23 heavy (non-hydrogen) atoms. The molecule has 1 saturated heterocycles. The quantitative estimate of drug-likeness (QED) is 0.876. The summed E-state index contributed by atoms with van der Waals surface area (Å²) in [5.41, 5.74) is 0. The number of aromatic nitrogens is 2. The first-order chi connectivity index (χ1) is 10.9. The van der Waals surface area contributed by atoms with Crippen LogP contribution < -0.4 is 4.72 Å². The Labute approximate surface area is 132 Å². The number of nitrogens with one attached hydrogen (secondary N) is 1. The highest BCUT2D eigenvalue weighted by atomic mass is 32.2. The van der Waals surface area contributed by atoms with Gasteiger partial charge in [0.2, 0.25) is 11.0 Å². The van der Waals surface area contributed by atoms with Crippen molar-refractivity contribution in [3.63, 3.8) is 0 Å². The van der Waals surface area contributed by atoms with Crippen LogP contribution in [0.4, 0.5) is 0 Å². The molecule has 10 heteroatoms. The zero-order valence-electron chi connectivity index (χ0n) is 12.6. The van der Waals surface area contributed by atoms with Crippen LogP contribution in [0.3, 0.4) is 0 Å². The molecule has 1 fully saturated rings. The number of furan rings is 1. The summed E-state index contributed by atoms with van der Waals surface area (Å²) < 4.78 is 35.7. The molecular formula is C13H16N4O5S. The van der Waals surface area contributed by atoms with Gasteiger partial charge in [0.05, 0.1) is 6.04 Å². The monoisotopic (exact) mass is 340 g/mol. The van der Waals surface area contributed by atoms with Gasteiger partial charge >= 0.3 is 0 Å². The molecule has 0 radical (unpaired) electrons. The highest BCUT2D eigenvalue weighted by molar-refractivity contribution is 7.89. The average Bonchev–Trinajstić information content (AvgIpc) is 3.26. The van der Waals surface area contributed by atoms with Gasteiger partial charge in [-0.05, 0) is 32.0 Å². The normalized spacial score (nSPS) is 18.5. The molecule has 1 aliphatic heterocycles. The minimum absolute atomic E-state index is 0.0362. The Balaban J connectivity index is 1.85. The molecule has 124 valence electrons. The maximum Gasteiger partial charge on any atom is 0.290 e. The van der Waals surface area contributed by atoms with Gasteiger partial charge in [0.15, 0.2) is 11.6 Å². The maximum atomic E-state index is 12.6. The Morgan fingerprint density at radius 2 is 2.22 bits per heavy atom. The predicted octanol–water partition coefficient (Wildman–Crippen LogP) is 0.856. The SMILES string of the molecule is CNS(=O)(=O)c1ccc(C(=O)N2CCC[C@H]2c2noc(C)n2)o1. The Bertz CT molecular complexity index is 825. The Hall–Kier alpha value is -2.20. The fraction of sp³-hybridized carbons (Fsp3) is 0.462. The van der Waals surface area contributed by atoms with E-state index in [2.05, 4.69) is 14.9 Å². The Morgan fingerprint density at radius 3 is 2.87 bits per heavy atom. The van der Waals surface area contributed by atoms with Crippen LogP contribution >= 0.6 is 0 Å². The summed E-state index contributed by atoms with van der Waals surface area (Å²) in [6.45, 7) is 2.20. The Kier molecular flexibility index (Phi) is 3.94. The summed E-state index contributed by atoms with van der Waals surface area (Å²) in [6, 6.07) is 2.31. The van der Waals surface area contributed by atoms with E-state index in [1.165, 1.54) is 19.2 Å². The third-order valence-electron chi connectivity index (χ3n) is 3.68. The zero-order valence-corrected chi connectivity index (χ0v) is 13.5. The smallest absolute Gasteiger partial charge is 0.290 e. The second-order valence-corrected chi connectivity index (χ2v) is 6.97. The van der Waals surface area contributed by atoms with E-state index in [0.717, 1.165) is 6.42 Å². The van der Waals surface area contributed by atoms with Gasteiger partial charge in [-0.1, -0.05) is 5.16 Å². The van der Waals surface area contributed by atoms with Crippen molar-refractivity contribution < 1.29 is 22.2 Å². The third kappa shape index (κ3) is 2.86. The molecule has 1 aliphatic rings. The van der Waals surface area contributed by atoms with Gasteiger partial charge in [-0.15, -0.1) is 0 Å². The van der Waals surface area contributed by atoms with E-state index in [4.69, 9.17) is 8.94 Å². The zero-order chi connectivity index (χ0) is 16.6. The molecule has 1 N–H and O–H groups in total. The number of aryl methyl sites for hydroxylation is 1. The number of carbonyl (C=O) groups excluding carboxylic acids is 1. The van der Waals surface area contributed by atoms with Crippen LogP contribution in [0, 0.1) is 6.92 Å². The molecule has 1 amide bonds.